The van der Waals surface area contributed by atoms with Crippen molar-refractivity contribution in [3.63, 3.8) is 0 Å². The molecule has 1 unspecified atom stereocenters. The Morgan fingerprint density at radius 3 is 1.72 bits per heavy atom. The van der Waals surface area contributed by atoms with Crippen LogP contribution < -0.4 is 4.74 Å². The molecule has 1 aromatic rings. The summed E-state index contributed by atoms with van der Waals surface area (Å²) in [5.41, 5.74) is 0.173. The highest BCUT2D eigenvalue weighted by Crippen LogP contribution is 2.51. The molecule has 0 radical (unpaired) electrons. The second-order valence-corrected chi connectivity index (χ2v) is 35.3. The van der Waals surface area contributed by atoms with Gasteiger partial charge in [0.25, 0.3) is 0 Å². The first-order valence-corrected chi connectivity index (χ1v) is 29.4. The van der Waals surface area contributed by atoms with Crippen molar-refractivity contribution in [1.82, 2.24) is 5.06 Å². The summed E-state index contributed by atoms with van der Waals surface area (Å²) in [4.78, 5) is 33.8. The van der Waals surface area contributed by atoms with Crippen LogP contribution in [0.4, 0.5) is 0 Å². The molecule has 1 aromatic carbocycles. The van der Waals surface area contributed by atoms with Gasteiger partial charge in [0.2, 0.25) is 5.91 Å². The molecule has 1 saturated heterocycles. The number of ketones is 1. The lowest BCUT2D eigenvalue weighted by molar-refractivity contribution is -0.171. The van der Waals surface area contributed by atoms with Crippen LogP contribution in [0.25, 0.3) is 0 Å². The maximum atomic E-state index is 15.5. The van der Waals surface area contributed by atoms with Crippen molar-refractivity contribution in [2.24, 2.45) is 17.8 Å². The molecule has 57 heavy (non-hydrogen) atoms. The maximum Gasteiger partial charge on any atom is 0.248 e. The van der Waals surface area contributed by atoms with E-state index in [-0.39, 0.29) is 52.6 Å². The Labute approximate surface area is 349 Å². The average Bonchev–Trinajstić information content (AvgIpc) is 3.78. The number of aliphatic hydroxyl groups excluding tert-OH is 1. The molecule has 0 bridgehead atoms. The van der Waals surface area contributed by atoms with Gasteiger partial charge in [-0.2, -0.15) is 0 Å². The molecule has 1 fully saturated rings. The molecule has 1 aliphatic heterocycles. The summed E-state index contributed by atoms with van der Waals surface area (Å²) in [6.07, 6.45) is -2.64. The van der Waals surface area contributed by atoms with E-state index < -0.39 is 60.5 Å². The largest absolute Gasteiger partial charge is 0.497 e. The zero-order valence-electron chi connectivity index (χ0n) is 39.4. The van der Waals surface area contributed by atoms with Gasteiger partial charge in [0.15, 0.2) is 25.0 Å². The zero-order chi connectivity index (χ0) is 44.2. The van der Waals surface area contributed by atoms with Crippen LogP contribution in [0.5, 0.6) is 5.75 Å². The molecule has 0 aliphatic carbocycles. The maximum absolute atomic E-state index is 15.5. The van der Waals surface area contributed by atoms with Gasteiger partial charge in [0, 0.05) is 26.2 Å². The van der Waals surface area contributed by atoms with Crippen molar-refractivity contribution >= 4 is 36.6 Å². The van der Waals surface area contributed by atoms with E-state index in [1.165, 1.54) is 14.2 Å². The van der Waals surface area contributed by atoms with Crippen molar-refractivity contribution in [2.45, 2.75) is 167 Å². The molecule has 0 aromatic heterocycles. The molecule has 11 nitrogen and oxygen atoms in total. The normalized spacial score (nSPS) is 21.0. The van der Waals surface area contributed by atoms with Crippen molar-refractivity contribution in [3.05, 3.63) is 29.8 Å². The first kappa shape index (κ1) is 51.7. The van der Waals surface area contributed by atoms with Crippen LogP contribution in [-0.2, 0) is 43.8 Å². The number of benzene rings is 1. The summed E-state index contributed by atoms with van der Waals surface area (Å²) in [5, 5.41) is 12.5. The topological polar surface area (TPSA) is 126 Å². The number of aliphatic hydroxyl groups is 1. The summed E-state index contributed by atoms with van der Waals surface area (Å²) >= 11 is 0. The lowest BCUT2D eigenvalue weighted by Gasteiger charge is -2.45. The van der Waals surface area contributed by atoms with E-state index in [4.69, 9.17) is 32.3 Å². The fourth-order valence-corrected chi connectivity index (χ4v) is 9.42. The zero-order valence-corrected chi connectivity index (χ0v) is 42.4. The number of hydrogen-bond acceptors (Lipinski definition) is 10. The van der Waals surface area contributed by atoms with Gasteiger partial charge in [0.05, 0.1) is 64.0 Å². The number of nitrogens with zero attached hydrogens (tertiary/aromatic N) is 1. The Balaban J connectivity index is 2.69. The smallest absolute Gasteiger partial charge is 0.248 e. The molecule has 1 amide bonds. The minimum Gasteiger partial charge on any atom is -0.497 e. The van der Waals surface area contributed by atoms with Crippen LogP contribution in [-0.4, -0.2) is 112 Å². The molecule has 1 aliphatic rings. The summed E-state index contributed by atoms with van der Waals surface area (Å²) in [7, 11) is -2.83. The third-order valence-electron chi connectivity index (χ3n) is 13.4. The standard InChI is InChI=1S/C43H81NO10Si3/c1-30(26-50-27-31-21-23-32(48-13)24-22-31)38-43(11,53-38)39(54-57(19,20)42(8,9)10)34(29-52-56(17,18)41(5,6)7)37(47)33(28-51-55(15,16)40(2,3)4)35(45)25-36(46)44(12)49-14/h21-24,30,33-35,38-39,45H,25-29H2,1-20H3/t30-,33-,34-,35-,38+,39-,43?/m0/s1. The molecule has 7 atom stereocenters. The minimum atomic E-state index is -2.56. The predicted octanol–water partition coefficient (Wildman–Crippen LogP) is 9.01. The van der Waals surface area contributed by atoms with Gasteiger partial charge >= 0.3 is 0 Å². The average molecular weight is 856 g/mol. The van der Waals surface area contributed by atoms with E-state index in [0.717, 1.165) is 16.4 Å². The Hall–Kier alpha value is -1.47. The third-order valence-corrected chi connectivity index (χ3v) is 26.9. The number of Topliss-reactive ketones (excluding diaryl/α,β-unsaturated/α-hetero) is 1. The van der Waals surface area contributed by atoms with Crippen LogP contribution in [0.1, 0.15) is 88.1 Å². The minimum absolute atomic E-state index is 0.0265. The van der Waals surface area contributed by atoms with Crippen molar-refractivity contribution in [1.29, 1.82) is 0 Å². The van der Waals surface area contributed by atoms with E-state index >= 15 is 4.79 Å². The lowest BCUT2D eigenvalue weighted by atomic mass is 9.79. The van der Waals surface area contributed by atoms with E-state index in [0.29, 0.717) is 13.2 Å². The van der Waals surface area contributed by atoms with Crippen LogP contribution in [0.3, 0.4) is 0 Å². The Bertz CT molecular complexity index is 1450. The second kappa shape index (κ2) is 19.5. The molecule has 330 valence electrons. The number of carbonyl (C=O) groups is 2. The second-order valence-electron chi connectivity index (χ2n) is 21.0. The molecule has 2 rings (SSSR count). The number of methoxy groups -OCH3 is 1. The molecule has 0 saturated carbocycles. The highest BCUT2D eigenvalue weighted by molar-refractivity contribution is 6.75. The number of hydrogen-bond donors (Lipinski definition) is 1. The van der Waals surface area contributed by atoms with Crippen LogP contribution in [0, 0.1) is 17.8 Å². The van der Waals surface area contributed by atoms with E-state index in [1.807, 2.05) is 31.2 Å². The quantitative estimate of drug-likeness (QED) is 0.0687. The van der Waals surface area contributed by atoms with Gasteiger partial charge < -0.3 is 32.6 Å². The van der Waals surface area contributed by atoms with E-state index in [2.05, 4.69) is 109 Å². The number of hydroxylamine groups is 2. The SMILES string of the molecule is COc1ccc(COC[C@H](C)[C@H]2OC2(C)[C@@H](O[Si](C)(C)C(C)(C)C)[C@@H](CO[Si](C)(C)C(C)(C)C)C(=O)[C@@H](CO[Si](C)(C)C(C)(C)C)[C@@H](O)CC(=O)N(C)OC)cc1. The highest BCUT2D eigenvalue weighted by atomic mass is 28.4. The Kier molecular flexibility index (Phi) is 17.7. The molecule has 14 heteroatoms. The molecule has 1 N–H and O–H groups in total. The van der Waals surface area contributed by atoms with E-state index in [9.17, 15) is 9.90 Å². The van der Waals surface area contributed by atoms with Gasteiger partial charge in [-0.3, -0.25) is 14.4 Å². The first-order chi connectivity index (χ1) is 25.8. The summed E-state index contributed by atoms with van der Waals surface area (Å²) in [6.45, 7) is 37.5. The highest BCUT2D eigenvalue weighted by Gasteiger charge is 2.65. The number of rotatable bonds is 22. The molecule has 1 heterocycles. The molecular formula is C43H81NO10Si3. The Morgan fingerprint density at radius 2 is 1.28 bits per heavy atom. The summed E-state index contributed by atoms with van der Waals surface area (Å²) in [5.74, 6) is -1.82. The predicted molar refractivity (Wildman–Crippen MR) is 236 cm³/mol. The fourth-order valence-electron chi connectivity index (χ4n) is 5.97. The molecular weight excluding hydrogens is 775 g/mol. The van der Waals surface area contributed by atoms with E-state index in [1.54, 1.807) is 7.11 Å². The third kappa shape index (κ3) is 13.5. The van der Waals surface area contributed by atoms with Crippen LogP contribution in [0.2, 0.25) is 54.4 Å². The molecule has 0 spiro atoms. The van der Waals surface area contributed by atoms with Crippen molar-refractivity contribution < 1.29 is 47.0 Å². The van der Waals surface area contributed by atoms with Crippen LogP contribution in [0.15, 0.2) is 24.3 Å². The first-order valence-electron chi connectivity index (χ1n) is 20.6. The Morgan fingerprint density at radius 1 is 0.807 bits per heavy atom. The van der Waals surface area contributed by atoms with Gasteiger partial charge in [0.1, 0.15) is 17.1 Å². The number of amides is 1. The summed E-state index contributed by atoms with van der Waals surface area (Å²) in [6, 6.07) is 7.82. The van der Waals surface area contributed by atoms with Crippen molar-refractivity contribution in [2.75, 3.05) is 41.1 Å². The monoisotopic (exact) mass is 856 g/mol. The van der Waals surface area contributed by atoms with Gasteiger partial charge in [-0.1, -0.05) is 81.4 Å². The van der Waals surface area contributed by atoms with Gasteiger partial charge in [-0.15, -0.1) is 0 Å². The number of carbonyl (C=O) groups excluding carboxylic acids is 2. The van der Waals surface area contributed by atoms with Gasteiger partial charge in [-0.25, -0.2) is 5.06 Å². The number of ether oxygens (including phenoxy) is 3. The van der Waals surface area contributed by atoms with Crippen LogP contribution >= 0.6 is 0 Å². The lowest BCUT2D eigenvalue weighted by Crippen LogP contribution is -2.56. The summed E-state index contributed by atoms with van der Waals surface area (Å²) < 4.78 is 39.2. The number of epoxide rings is 1. The fraction of sp³-hybridized carbons (Fsp3) is 0.814. The van der Waals surface area contributed by atoms with Gasteiger partial charge in [-0.05, 0) is 79.0 Å². The van der Waals surface area contributed by atoms with Crippen molar-refractivity contribution in [3.8, 4) is 5.75 Å².